The van der Waals surface area contributed by atoms with E-state index in [1.165, 1.54) is 6.07 Å². The molecule has 0 amide bonds. The Morgan fingerprint density at radius 3 is 2.89 bits per heavy atom. The number of primary sulfonamides is 1. The number of ether oxygens (including phenoxy) is 1. The van der Waals surface area contributed by atoms with Crippen molar-refractivity contribution >= 4 is 21.1 Å². The second-order valence-electron chi connectivity index (χ2n) is 4.37. The number of nitrogens with two attached hydrogens (primary N) is 1. The lowest BCUT2D eigenvalue weighted by atomic mass is 10.2. The van der Waals surface area contributed by atoms with Gasteiger partial charge in [0, 0.05) is 6.61 Å². The summed E-state index contributed by atoms with van der Waals surface area (Å²) < 4.78 is 29.9. The maximum Gasteiger partial charge on any atom is 0.238 e. The van der Waals surface area contributed by atoms with Gasteiger partial charge in [0.15, 0.2) is 0 Å². The number of rotatable bonds is 3. The van der Waals surface area contributed by atoms with Crippen LogP contribution in [-0.4, -0.2) is 30.7 Å². The Kier molecular flexibility index (Phi) is 2.61. The van der Waals surface area contributed by atoms with Crippen molar-refractivity contribution in [2.45, 2.75) is 24.0 Å². The summed E-state index contributed by atoms with van der Waals surface area (Å²) in [6.45, 7) is 1.48. The van der Waals surface area contributed by atoms with Crippen molar-refractivity contribution in [1.29, 1.82) is 0 Å². The molecule has 18 heavy (non-hydrogen) atoms. The lowest BCUT2D eigenvalue weighted by Crippen LogP contribution is -2.30. The summed E-state index contributed by atoms with van der Waals surface area (Å²) in [5, 5.41) is 5.12. The van der Waals surface area contributed by atoms with Crippen LogP contribution in [0.25, 0.3) is 11.0 Å². The molecule has 2 heterocycles. The SMILES string of the molecule is NS(=O)(=O)c1ccc2ncn(CC3CCO3)c2c1. The number of aromatic nitrogens is 2. The van der Waals surface area contributed by atoms with Gasteiger partial charge in [-0.3, -0.25) is 0 Å². The molecule has 96 valence electrons. The minimum Gasteiger partial charge on any atom is -0.376 e. The van der Waals surface area contributed by atoms with Crippen molar-refractivity contribution in [3.63, 3.8) is 0 Å². The average Bonchev–Trinajstić information content (AvgIpc) is 2.64. The van der Waals surface area contributed by atoms with Crippen LogP contribution < -0.4 is 5.14 Å². The zero-order valence-corrected chi connectivity index (χ0v) is 10.4. The van der Waals surface area contributed by atoms with Gasteiger partial charge in [-0.1, -0.05) is 0 Å². The Labute approximate surface area is 104 Å². The first-order valence-electron chi connectivity index (χ1n) is 5.63. The molecule has 0 saturated carbocycles. The van der Waals surface area contributed by atoms with Crippen LogP contribution >= 0.6 is 0 Å². The molecular formula is C11H13N3O3S. The summed E-state index contributed by atoms with van der Waals surface area (Å²) in [5.74, 6) is 0. The van der Waals surface area contributed by atoms with Crippen LogP contribution in [0.4, 0.5) is 0 Å². The molecule has 0 radical (unpaired) electrons. The van der Waals surface area contributed by atoms with E-state index in [4.69, 9.17) is 9.88 Å². The second-order valence-corrected chi connectivity index (χ2v) is 5.94. The standard InChI is InChI=1S/C11H13N3O3S/c12-18(15,16)9-1-2-10-11(5-9)14(7-13-10)6-8-3-4-17-8/h1-2,5,7-8H,3-4,6H2,(H2,12,15,16). The average molecular weight is 267 g/mol. The van der Waals surface area contributed by atoms with Gasteiger partial charge >= 0.3 is 0 Å². The molecule has 7 heteroatoms. The summed E-state index contributed by atoms with van der Waals surface area (Å²) in [5.41, 5.74) is 1.51. The van der Waals surface area contributed by atoms with Gasteiger partial charge in [-0.05, 0) is 24.6 Å². The molecule has 1 unspecified atom stereocenters. The zero-order chi connectivity index (χ0) is 12.8. The van der Waals surface area contributed by atoms with E-state index in [0.29, 0.717) is 6.54 Å². The van der Waals surface area contributed by atoms with Crippen LogP contribution in [0.2, 0.25) is 0 Å². The van der Waals surface area contributed by atoms with Gasteiger partial charge in [-0.25, -0.2) is 18.5 Å². The summed E-state index contributed by atoms with van der Waals surface area (Å²) >= 11 is 0. The van der Waals surface area contributed by atoms with Gasteiger partial charge in [0.2, 0.25) is 10.0 Å². The summed E-state index contributed by atoms with van der Waals surface area (Å²) in [6.07, 6.45) is 2.91. The number of nitrogens with zero attached hydrogens (tertiary/aromatic N) is 2. The van der Waals surface area contributed by atoms with Gasteiger partial charge in [-0.2, -0.15) is 0 Å². The molecule has 6 nitrogen and oxygen atoms in total. The number of hydrogen-bond acceptors (Lipinski definition) is 4. The van der Waals surface area contributed by atoms with Gasteiger partial charge in [-0.15, -0.1) is 0 Å². The van der Waals surface area contributed by atoms with Crippen LogP contribution in [0, 0.1) is 0 Å². The third-order valence-electron chi connectivity index (χ3n) is 3.11. The van der Waals surface area contributed by atoms with Crippen molar-refractivity contribution in [2.24, 2.45) is 5.14 Å². The van der Waals surface area contributed by atoms with Gasteiger partial charge in [0.25, 0.3) is 0 Å². The van der Waals surface area contributed by atoms with E-state index in [2.05, 4.69) is 4.98 Å². The van der Waals surface area contributed by atoms with Gasteiger partial charge in [0.05, 0.1) is 34.9 Å². The molecule has 1 fully saturated rings. The van der Waals surface area contributed by atoms with E-state index in [-0.39, 0.29) is 11.0 Å². The number of benzene rings is 1. The minimum absolute atomic E-state index is 0.103. The molecule has 1 aliphatic heterocycles. The molecule has 1 aliphatic rings. The van der Waals surface area contributed by atoms with Crippen LogP contribution in [0.15, 0.2) is 29.4 Å². The maximum absolute atomic E-state index is 11.3. The third kappa shape index (κ3) is 2.00. The van der Waals surface area contributed by atoms with Crippen LogP contribution in [-0.2, 0) is 21.3 Å². The molecule has 0 bridgehead atoms. The van der Waals surface area contributed by atoms with Crippen molar-refractivity contribution < 1.29 is 13.2 Å². The van der Waals surface area contributed by atoms with Crippen LogP contribution in [0.5, 0.6) is 0 Å². The van der Waals surface area contributed by atoms with E-state index in [0.717, 1.165) is 24.1 Å². The van der Waals surface area contributed by atoms with Crippen molar-refractivity contribution in [3.05, 3.63) is 24.5 Å². The summed E-state index contributed by atoms with van der Waals surface area (Å²) in [6, 6.07) is 4.68. The number of imidazole rings is 1. The molecule has 2 N–H and O–H groups in total. The lowest BCUT2D eigenvalue weighted by Gasteiger charge is -2.26. The highest BCUT2D eigenvalue weighted by Gasteiger charge is 2.20. The largest absolute Gasteiger partial charge is 0.376 e. The lowest BCUT2D eigenvalue weighted by molar-refractivity contribution is -0.0586. The van der Waals surface area contributed by atoms with Crippen molar-refractivity contribution in [1.82, 2.24) is 9.55 Å². The highest BCUT2D eigenvalue weighted by Crippen LogP contribution is 2.20. The topological polar surface area (TPSA) is 87.2 Å². The minimum atomic E-state index is -3.68. The number of hydrogen-bond donors (Lipinski definition) is 1. The predicted molar refractivity (Wildman–Crippen MR) is 65.5 cm³/mol. The molecule has 1 aromatic heterocycles. The molecule has 0 aliphatic carbocycles. The van der Waals surface area contributed by atoms with Crippen molar-refractivity contribution in [2.75, 3.05) is 6.61 Å². The zero-order valence-electron chi connectivity index (χ0n) is 9.61. The second kappa shape index (κ2) is 4.04. The van der Waals surface area contributed by atoms with Crippen molar-refractivity contribution in [3.8, 4) is 0 Å². The van der Waals surface area contributed by atoms with E-state index in [1.807, 2.05) is 4.57 Å². The Hall–Kier alpha value is -1.44. The molecule has 1 atom stereocenters. The highest BCUT2D eigenvalue weighted by atomic mass is 32.2. The Balaban J connectivity index is 2.04. The summed E-state index contributed by atoms with van der Waals surface area (Å²) in [7, 11) is -3.68. The van der Waals surface area contributed by atoms with E-state index < -0.39 is 10.0 Å². The number of sulfonamides is 1. The maximum atomic E-state index is 11.3. The molecule has 2 aromatic rings. The Bertz CT molecular complexity index is 689. The van der Waals surface area contributed by atoms with Gasteiger partial charge < -0.3 is 9.30 Å². The normalized spacial score (nSPS) is 19.9. The quantitative estimate of drug-likeness (QED) is 0.875. The first-order valence-corrected chi connectivity index (χ1v) is 7.18. The smallest absolute Gasteiger partial charge is 0.238 e. The molecule has 0 spiro atoms. The van der Waals surface area contributed by atoms with Crippen LogP contribution in [0.1, 0.15) is 6.42 Å². The van der Waals surface area contributed by atoms with E-state index in [9.17, 15) is 8.42 Å². The summed E-state index contributed by atoms with van der Waals surface area (Å²) in [4.78, 5) is 4.33. The first-order chi connectivity index (χ1) is 8.54. The monoisotopic (exact) mass is 267 g/mol. The highest BCUT2D eigenvalue weighted by molar-refractivity contribution is 7.89. The number of fused-ring (bicyclic) bond motifs is 1. The third-order valence-corrected chi connectivity index (χ3v) is 4.03. The van der Waals surface area contributed by atoms with E-state index in [1.54, 1.807) is 18.5 Å². The Morgan fingerprint density at radius 1 is 1.50 bits per heavy atom. The van der Waals surface area contributed by atoms with Gasteiger partial charge in [0.1, 0.15) is 0 Å². The molecular weight excluding hydrogens is 254 g/mol. The predicted octanol–water partition coefficient (Wildman–Crippen LogP) is 0.473. The fourth-order valence-corrected chi connectivity index (χ4v) is 2.54. The fraction of sp³-hybridized carbons (Fsp3) is 0.364. The molecule has 3 rings (SSSR count). The first kappa shape index (κ1) is 11.6. The fourth-order valence-electron chi connectivity index (χ4n) is 2.01. The van der Waals surface area contributed by atoms with E-state index >= 15 is 0 Å². The molecule has 1 aromatic carbocycles. The molecule has 1 saturated heterocycles. The van der Waals surface area contributed by atoms with Crippen LogP contribution in [0.3, 0.4) is 0 Å². The Morgan fingerprint density at radius 2 is 2.28 bits per heavy atom.